The van der Waals surface area contributed by atoms with E-state index in [-0.39, 0.29) is 42.0 Å². The van der Waals surface area contributed by atoms with E-state index < -0.39 is 15.8 Å². The van der Waals surface area contributed by atoms with Crippen molar-refractivity contribution in [3.8, 4) is 11.5 Å². The smallest absolute Gasteiger partial charge is 0.270 e. The van der Waals surface area contributed by atoms with Crippen molar-refractivity contribution >= 4 is 38.4 Å². The van der Waals surface area contributed by atoms with Crippen LogP contribution in [0, 0.1) is 5.82 Å². The molecule has 0 unspecified atom stereocenters. The molecule has 11 heteroatoms. The zero-order valence-electron chi connectivity index (χ0n) is 17.4. The molecule has 1 N–H and O–H groups in total. The summed E-state index contributed by atoms with van der Waals surface area (Å²) in [5.74, 6) is 0.219. The fraction of sp³-hybridized carbons (Fsp3) is 0.286. The number of fused-ring (bicyclic) bond motifs is 1. The highest BCUT2D eigenvalue weighted by molar-refractivity contribution is 7.89. The molecule has 1 saturated heterocycles. The van der Waals surface area contributed by atoms with Crippen molar-refractivity contribution in [3.63, 3.8) is 0 Å². The Kier molecular flexibility index (Phi) is 6.02. The van der Waals surface area contributed by atoms with E-state index in [1.165, 1.54) is 17.5 Å². The van der Waals surface area contributed by atoms with Gasteiger partial charge in [0.05, 0.1) is 29.7 Å². The Hall–Kier alpha value is -2.82. The number of amides is 1. The summed E-state index contributed by atoms with van der Waals surface area (Å²) in [6.45, 7) is 0.645. The van der Waals surface area contributed by atoms with E-state index in [1.54, 1.807) is 30.2 Å². The number of sulfonamides is 1. The number of methoxy groups -OCH3 is 2. The molecule has 1 aliphatic rings. The molecule has 0 atom stereocenters. The molecule has 170 valence electrons. The van der Waals surface area contributed by atoms with Crippen molar-refractivity contribution in [2.45, 2.75) is 4.90 Å². The van der Waals surface area contributed by atoms with Crippen LogP contribution in [0.25, 0.3) is 10.9 Å². The van der Waals surface area contributed by atoms with Gasteiger partial charge in [-0.05, 0) is 30.3 Å². The van der Waals surface area contributed by atoms with Gasteiger partial charge in [-0.2, -0.15) is 4.31 Å². The summed E-state index contributed by atoms with van der Waals surface area (Å²) in [6.07, 6.45) is 0. The first kappa shape index (κ1) is 22.4. The summed E-state index contributed by atoms with van der Waals surface area (Å²) >= 11 is 5.73. The Labute approximate surface area is 189 Å². The molecule has 1 fully saturated rings. The van der Waals surface area contributed by atoms with E-state index in [0.29, 0.717) is 22.7 Å². The fourth-order valence-electron chi connectivity index (χ4n) is 3.67. The van der Waals surface area contributed by atoms with Crippen LogP contribution in [-0.2, 0) is 10.0 Å². The number of ether oxygens (including phenoxy) is 2. The Bertz CT molecular complexity index is 1290. The second-order valence-electron chi connectivity index (χ2n) is 7.25. The molecule has 4 rings (SSSR count). The summed E-state index contributed by atoms with van der Waals surface area (Å²) in [7, 11) is -0.766. The zero-order chi connectivity index (χ0) is 23.0. The second-order valence-corrected chi connectivity index (χ2v) is 9.59. The lowest BCUT2D eigenvalue weighted by molar-refractivity contribution is 0.0693. The minimum Gasteiger partial charge on any atom is -0.497 e. The number of rotatable bonds is 5. The van der Waals surface area contributed by atoms with Gasteiger partial charge < -0.3 is 19.4 Å². The molecule has 32 heavy (non-hydrogen) atoms. The van der Waals surface area contributed by atoms with Gasteiger partial charge in [0.2, 0.25) is 10.0 Å². The lowest BCUT2D eigenvalue weighted by atomic mass is 10.2. The molecule has 2 aromatic carbocycles. The van der Waals surface area contributed by atoms with Gasteiger partial charge in [-0.3, -0.25) is 4.79 Å². The van der Waals surface area contributed by atoms with Crippen LogP contribution in [0.1, 0.15) is 10.5 Å². The number of carbonyl (C=O) groups is 1. The number of aromatic amines is 1. The molecule has 0 spiro atoms. The van der Waals surface area contributed by atoms with Crippen molar-refractivity contribution in [1.29, 1.82) is 0 Å². The lowest BCUT2D eigenvalue weighted by Gasteiger charge is -2.33. The van der Waals surface area contributed by atoms with Crippen molar-refractivity contribution in [1.82, 2.24) is 14.2 Å². The number of benzene rings is 2. The van der Waals surface area contributed by atoms with E-state index in [2.05, 4.69) is 4.98 Å². The van der Waals surface area contributed by atoms with Gasteiger partial charge in [-0.25, -0.2) is 12.8 Å². The Morgan fingerprint density at radius 1 is 1.06 bits per heavy atom. The van der Waals surface area contributed by atoms with Crippen LogP contribution < -0.4 is 9.47 Å². The highest BCUT2D eigenvalue weighted by Gasteiger charge is 2.31. The van der Waals surface area contributed by atoms with Gasteiger partial charge in [0.1, 0.15) is 23.0 Å². The molecule has 0 radical (unpaired) electrons. The van der Waals surface area contributed by atoms with Crippen molar-refractivity contribution < 1.29 is 27.1 Å². The monoisotopic (exact) mass is 481 g/mol. The third kappa shape index (κ3) is 4.01. The Morgan fingerprint density at radius 3 is 2.41 bits per heavy atom. The highest BCUT2D eigenvalue weighted by Crippen LogP contribution is 2.31. The fourth-order valence-corrected chi connectivity index (χ4v) is 5.36. The Morgan fingerprint density at radius 2 is 1.78 bits per heavy atom. The van der Waals surface area contributed by atoms with Gasteiger partial charge in [0.25, 0.3) is 5.91 Å². The van der Waals surface area contributed by atoms with Crippen LogP contribution in [0.2, 0.25) is 5.02 Å². The van der Waals surface area contributed by atoms with Crippen molar-refractivity contribution in [2.75, 3.05) is 40.4 Å². The van der Waals surface area contributed by atoms with E-state index in [0.717, 1.165) is 17.5 Å². The van der Waals surface area contributed by atoms with Crippen molar-refractivity contribution in [2.24, 2.45) is 0 Å². The van der Waals surface area contributed by atoms with Gasteiger partial charge in [-0.15, -0.1) is 0 Å². The van der Waals surface area contributed by atoms with Crippen LogP contribution in [0.4, 0.5) is 4.39 Å². The molecule has 8 nitrogen and oxygen atoms in total. The lowest BCUT2D eigenvalue weighted by Crippen LogP contribution is -2.50. The number of nitrogens with zero attached hydrogens (tertiary/aromatic N) is 2. The summed E-state index contributed by atoms with van der Waals surface area (Å²) in [4.78, 5) is 17.6. The standard InChI is InChI=1S/C21H21ClFN3O5S/c1-30-14-9-13-10-18(24-20(13)19(11-14)31-2)21(27)25-5-7-26(8-6-25)32(28,29)15-3-4-17(23)16(22)12-15/h3-4,9-12,24H,5-8H2,1-2H3. The average Bonchev–Trinajstić information content (AvgIpc) is 3.23. The minimum atomic E-state index is -3.85. The number of hydrogen-bond donors (Lipinski definition) is 1. The van der Waals surface area contributed by atoms with Gasteiger partial charge in [-0.1, -0.05) is 11.6 Å². The van der Waals surface area contributed by atoms with Gasteiger partial charge in [0, 0.05) is 37.6 Å². The van der Waals surface area contributed by atoms with Crippen LogP contribution in [0.3, 0.4) is 0 Å². The molecule has 3 aromatic rings. The topological polar surface area (TPSA) is 91.9 Å². The molecule has 0 aliphatic carbocycles. The number of carbonyl (C=O) groups excluding carboxylic acids is 1. The molecule has 1 aliphatic heterocycles. The first-order valence-corrected chi connectivity index (χ1v) is 11.6. The Balaban J connectivity index is 1.50. The summed E-state index contributed by atoms with van der Waals surface area (Å²) in [5, 5.41) is 0.504. The third-order valence-corrected chi connectivity index (χ3v) is 7.59. The molecule has 0 bridgehead atoms. The zero-order valence-corrected chi connectivity index (χ0v) is 19.0. The van der Waals surface area contributed by atoms with Crippen LogP contribution in [0.5, 0.6) is 11.5 Å². The average molecular weight is 482 g/mol. The van der Waals surface area contributed by atoms with Crippen LogP contribution >= 0.6 is 11.6 Å². The molecule has 1 amide bonds. The largest absolute Gasteiger partial charge is 0.497 e. The SMILES string of the molecule is COc1cc(OC)c2[nH]c(C(=O)N3CCN(S(=O)(=O)c4ccc(F)c(Cl)c4)CC3)cc2c1. The predicted octanol–water partition coefficient (Wildman–Crippen LogP) is 3.12. The number of piperazine rings is 1. The number of nitrogens with one attached hydrogen (secondary N) is 1. The molecule has 1 aromatic heterocycles. The maximum Gasteiger partial charge on any atom is 0.270 e. The number of aromatic nitrogens is 1. The molecule has 2 heterocycles. The number of H-pyrrole nitrogens is 1. The first-order valence-electron chi connectivity index (χ1n) is 9.74. The number of halogens is 2. The highest BCUT2D eigenvalue weighted by atomic mass is 35.5. The summed E-state index contributed by atoms with van der Waals surface area (Å²) in [5.41, 5.74) is 1.04. The normalized spacial score (nSPS) is 15.2. The summed E-state index contributed by atoms with van der Waals surface area (Å²) in [6, 6.07) is 8.53. The van der Waals surface area contributed by atoms with E-state index in [4.69, 9.17) is 21.1 Å². The molecule has 0 saturated carbocycles. The van der Waals surface area contributed by atoms with E-state index >= 15 is 0 Å². The third-order valence-electron chi connectivity index (χ3n) is 5.41. The quantitative estimate of drug-likeness (QED) is 0.604. The van der Waals surface area contributed by atoms with E-state index in [9.17, 15) is 17.6 Å². The predicted molar refractivity (Wildman–Crippen MR) is 117 cm³/mol. The van der Waals surface area contributed by atoms with Crippen molar-refractivity contribution in [3.05, 3.63) is 52.9 Å². The molecular formula is C21H21ClFN3O5S. The maximum absolute atomic E-state index is 13.4. The molecular weight excluding hydrogens is 461 g/mol. The van der Waals surface area contributed by atoms with Crippen LogP contribution in [-0.4, -0.2) is 68.9 Å². The summed E-state index contributed by atoms with van der Waals surface area (Å²) < 4.78 is 51.0. The first-order chi connectivity index (χ1) is 15.2. The van der Waals surface area contributed by atoms with Gasteiger partial charge in [0.15, 0.2) is 0 Å². The van der Waals surface area contributed by atoms with E-state index in [1.807, 2.05) is 0 Å². The maximum atomic E-state index is 13.4. The van der Waals surface area contributed by atoms with Gasteiger partial charge >= 0.3 is 0 Å². The second kappa shape index (κ2) is 8.61. The number of hydrogen-bond acceptors (Lipinski definition) is 5. The minimum absolute atomic E-state index is 0.0830. The van der Waals surface area contributed by atoms with Crippen LogP contribution in [0.15, 0.2) is 41.3 Å².